The molecule has 0 aliphatic rings. The van der Waals surface area contributed by atoms with Gasteiger partial charge in [0.05, 0.1) is 18.0 Å². The number of aryl methyl sites for hydroxylation is 4. The lowest BCUT2D eigenvalue weighted by atomic mass is 10.0. The van der Waals surface area contributed by atoms with E-state index in [1.165, 1.54) is 6.07 Å². The van der Waals surface area contributed by atoms with Gasteiger partial charge in [0.2, 0.25) is 0 Å². The number of amides is 1. The zero-order chi connectivity index (χ0) is 25.0. The number of carbonyl (C=O) groups is 1. The number of carbonyl (C=O) groups excluding carboxylic acids is 1. The molecule has 0 aromatic heterocycles. The molecule has 0 spiro atoms. The van der Waals surface area contributed by atoms with Gasteiger partial charge in [0.25, 0.3) is 15.9 Å². The summed E-state index contributed by atoms with van der Waals surface area (Å²) in [6, 6.07) is 15.9. The Hall–Kier alpha value is -3.32. The molecule has 6 nitrogen and oxygen atoms in total. The van der Waals surface area contributed by atoms with Crippen LogP contribution in [0.5, 0.6) is 5.75 Å². The van der Waals surface area contributed by atoms with Gasteiger partial charge in [-0.2, -0.15) is 0 Å². The first kappa shape index (κ1) is 25.3. The monoisotopic (exact) mass is 480 g/mol. The van der Waals surface area contributed by atoms with Gasteiger partial charge in [-0.05, 0) is 92.3 Å². The number of anilines is 1. The average Bonchev–Trinajstić information content (AvgIpc) is 2.76. The van der Waals surface area contributed by atoms with Crippen LogP contribution in [0.2, 0.25) is 0 Å². The number of nitrogens with one attached hydrogen (secondary N) is 2. The van der Waals surface area contributed by atoms with Crippen molar-refractivity contribution in [1.29, 1.82) is 0 Å². The number of sulfonamides is 1. The molecule has 0 saturated heterocycles. The SMILES string of the molecule is CCC(NC(=O)c1ccc(C)c(S(=O)(=O)Nc2cc(C)cc(C)c2)c1)c1ccc(OC)c(C)c1. The Kier molecular flexibility index (Phi) is 7.67. The highest BCUT2D eigenvalue weighted by Gasteiger charge is 2.21. The summed E-state index contributed by atoms with van der Waals surface area (Å²) in [5.41, 5.74) is 5.21. The van der Waals surface area contributed by atoms with Crippen LogP contribution in [0.15, 0.2) is 59.5 Å². The molecular weight excluding hydrogens is 448 g/mol. The molecule has 0 fully saturated rings. The Morgan fingerprint density at radius 3 is 2.18 bits per heavy atom. The second kappa shape index (κ2) is 10.3. The van der Waals surface area contributed by atoms with Crippen LogP contribution >= 0.6 is 0 Å². The van der Waals surface area contributed by atoms with E-state index in [4.69, 9.17) is 4.74 Å². The van der Waals surface area contributed by atoms with Crippen LogP contribution in [0.4, 0.5) is 5.69 Å². The summed E-state index contributed by atoms with van der Waals surface area (Å²) in [7, 11) is -2.25. The molecule has 0 bridgehead atoms. The predicted molar refractivity (Wildman–Crippen MR) is 136 cm³/mol. The van der Waals surface area contributed by atoms with Crippen molar-refractivity contribution in [2.75, 3.05) is 11.8 Å². The van der Waals surface area contributed by atoms with Gasteiger partial charge < -0.3 is 10.1 Å². The van der Waals surface area contributed by atoms with Gasteiger partial charge >= 0.3 is 0 Å². The highest BCUT2D eigenvalue weighted by Crippen LogP contribution is 2.26. The lowest BCUT2D eigenvalue weighted by Gasteiger charge is -2.19. The van der Waals surface area contributed by atoms with Gasteiger partial charge in [-0.1, -0.05) is 31.2 Å². The molecule has 1 unspecified atom stereocenters. The minimum atomic E-state index is -3.88. The van der Waals surface area contributed by atoms with Crippen LogP contribution < -0.4 is 14.8 Å². The molecule has 1 atom stereocenters. The van der Waals surface area contributed by atoms with Crippen molar-refractivity contribution >= 4 is 21.6 Å². The molecule has 180 valence electrons. The number of ether oxygens (including phenoxy) is 1. The predicted octanol–water partition coefficient (Wildman–Crippen LogP) is 5.61. The van der Waals surface area contributed by atoms with Crippen LogP contribution in [-0.2, 0) is 10.0 Å². The van der Waals surface area contributed by atoms with E-state index < -0.39 is 10.0 Å². The summed E-state index contributed by atoms with van der Waals surface area (Å²) < 4.78 is 34.3. The summed E-state index contributed by atoms with van der Waals surface area (Å²) in [4.78, 5) is 13.2. The van der Waals surface area contributed by atoms with E-state index in [2.05, 4.69) is 10.0 Å². The third-order valence-corrected chi connectivity index (χ3v) is 7.27. The summed E-state index contributed by atoms with van der Waals surface area (Å²) in [6.07, 6.45) is 0.683. The summed E-state index contributed by atoms with van der Waals surface area (Å²) >= 11 is 0. The molecule has 0 radical (unpaired) electrons. The quantitative estimate of drug-likeness (QED) is 0.439. The van der Waals surface area contributed by atoms with E-state index in [0.717, 1.165) is 28.0 Å². The normalized spacial score (nSPS) is 12.2. The van der Waals surface area contributed by atoms with Crippen molar-refractivity contribution in [3.8, 4) is 5.75 Å². The van der Waals surface area contributed by atoms with E-state index in [1.54, 1.807) is 38.3 Å². The third kappa shape index (κ3) is 5.78. The lowest BCUT2D eigenvalue weighted by molar-refractivity contribution is 0.0935. The molecule has 0 aliphatic carbocycles. The number of hydrogen-bond donors (Lipinski definition) is 2. The highest BCUT2D eigenvalue weighted by atomic mass is 32.2. The average molecular weight is 481 g/mol. The molecule has 2 N–H and O–H groups in total. The van der Waals surface area contributed by atoms with Crippen molar-refractivity contribution in [2.24, 2.45) is 0 Å². The highest BCUT2D eigenvalue weighted by molar-refractivity contribution is 7.92. The maximum atomic E-state index is 13.2. The van der Waals surface area contributed by atoms with Crippen molar-refractivity contribution in [2.45, 2.75) is 52.0 Å². The Morgan fingerprint density at radius 1 is 0.912 bits per heavy atom. The van der Waals surface area contributed by atoms with E-state index >= 15 is 0 Å². The summed E-state index contributed by atoms with van der Waals surface area (Å²) in [6.45, 7) is 9.48. The Labute approximate surface area is 202 Å². The van der Waals surface area contributed by atoms with E-state index in [9.17, 15) is 13.2 Å². The van der Waals surface area contributed by atoms with E-state index in [-0.39, 0.29) is 22.4 Å². The Balaban J connectivity index is 1.86. The van der Waals surface area contributed by atoms with Gasteiger partial charge in [-0.3, -0.25) is 9.52 Å². The van der Waals surface area contributed by atoms with Crippen LogP contribution in [0.1, 0.15) is 57.6 Å². The van der Waals surface area contributed by atoms with Crippen LogP contribution in [0, 0.1) is 27.7 Å². The summed E-state index contributed by atoms with van der Waals surface area (Å²) in [5, 5.41) is 3.03. The zero-order valence-corrected chi connectivity index (χ0v) is 21.3. The van der Waals surface area contributed by atoms with Gasteiger partial charge in [0.1, 0.15) is 5.75 Å². The zero-order valence-electron chi connectivity index (χ0n) is 20.5. The maximum Gasteiger partial charge on any atom is 0.262 e. The fourth-order valence-electron chi connectivity index (χ4n) is 4.06. The molecule has 34 heavy (non-hydrogen) atoms. The van der Waals surface area contributed by atoms with Gasteiger partial charge in [-0.15, -0.1) is 0 Å². The van der Waals surface area contributed by atoms with Crippen molar-refractivity contribution < 1.29 is 17.9 Å². The molecular formula is C27H32N2O4S. The molecule has 3 aromatic rings. The van der Waals surface area contributed by atoms with Crippen molar-refractivity contribution in [1.82, 2.24) is 5.32 Å². The van der Waals surface area contributed by atoms with Crippen molar-refractivity contribution in [3.63, 3.8) is 0 Å². The molecule has 1 amide bonds. The summed E-state index contributed by atoms with van der Waals surface area (Å²) in [5.74, 6) is 0.456. The molecule has 0 heterocycles. The first-order valence-corrected chi connectivity index (χ1v) is 12.7. The smallest absolute Gasteiger partial charge is 0.262 e. The molecule has 0 saturated carbocycles. The number of methoxy groups -OCH3 is 1. The maximum absolute atomic E-state index is 13.2. The third-order valence-electron chi connectivity index (χ3n) is 5.75. The Morgan fingerprint density at radius 2 is 1.59 bits per heavy atom. The second-order valence-electron chi connectivity index (χ2n) is 8.63. The number of hydrogen-bond acceptors (Lipinski definition) is 4. The van der Waals surface area contributed by atoms with E-state index in [1.807, 2.05) is 52.0 Å². The van der Waals surface area contributed by atoms with Gasteiger partial charge in [0.15, 0.2) is 0 Å². The molecule has 0 aliphatic heterocycles. The first-order valence-electron chi connectivity index (χ1n) is 11.2. The largest absolute Gasteiger partial charge is 0.496 e. The van der Waals surface area contributed by atoms with Crippen LogP contribution in [0.25, 0.3) is 0 Å². The van der Waals surface area contributed by atoms with E-state index in [0.29, 0.717) is 17.7 Å². The topological polar surface area (TPSA) is 84.5 Å². The minimum absolute atomic E-state index is 0.0765. The second-order valence-corrected chi connectivity index (χ2v) is 10.3. The molecule has 7 heteroatoms. The number of rotatable bonds is 8. The first-order chi connectivity index (χ1) is 16.0. The molecule has 3 aromatic carbocycles. The number of benzene rings is 3. The van der Waals surface area contributed by atoms with Crippen LogP contribution in [0.3, 0.4) is 0 Å². The lowest BCUT2D eigenvalue weighted by Crippen LogP contribution is -2.28. The fourth-order valence-corrected chi connectivity index (χ4v) is 5.37. The molecule has 3 rings (SSSR count). The minimum Gasteiger partial charge on any atom is -0.496 e. The van der Waals surface area contributed by atoms with Crippen molar-refractivity contribution in [3.05, 3.63) is 88.0 Å². The van der Waals surface area contributed by atoms with Crippen LogP contribution in [-0.4, -0.2) is 21.4 Å². The standard InChI is InChI=1S/C27H32N2O4S/c1-7-24(21-10-11-25(33-6)20(5)15-21)28-27(30)22-9-8-19(4)26(16-22)34(31,32)29-23-13-17(2)12-18(3)14-23/h8-16,24,29H,7H2,1-6H3,(H,28,30). The Bertz CT molecular complexity index is 1300. The van der Waals surface area contributed by atoms with Gasteiger partial charge in [-0.25, -0.2) is 8.42 Å². The fraction of sp³-hybridized carbons (Fsp3) is 0.296. The van der Waals surface area contributed by atoms with Gasteiger partial charge in [0, 0.05) is 11.3 Å².